The Bertz CT molecular complexity index is 242. The number of hydrogen-bond donors (Lipinski definition) is 0. The zero-order valence-corrected chi connectivity index (χ0v) is 8.64. The molecule has 0 radical (unpaired) electrons. The van der Waals surface area contributed by atoms with Crippen LogP contribution in [0.5, 0.6) is 0 Å². The van der Waals surface area contributed by atoms with E-state index >= 15 is 0 Å². The Hall–Kier alpha value is -0.790. The molecule has 2 rings (SSSR count). The molecule has 0 spiro atoms. The second kappa shape index (κ2) is 3.17. The van der Waals surface area contributed by atoms with E-state index in [-0.39, 0.29) is 0 Å². The van der Waals surface area contributed by atoms with Gasteiger partial charge in [0.1, 0.15) is 0 Å². The first-order valence-corrected chi connectivity index (χ1v) is 5.17. The van der Waals surface area contributed by atoms with Crippen LogP contribution in [-0.2, 0) is 0 Å². The van der Waals surface area contributed by atoms with Crippen LogP contribution in [0.4, 0.5) is 0 Å². The largest absolute Gasteiger partial charge is 0.352 e. The Morgan fingerprint density at radius 1 is 1.38 bits per heavy atom. The van der Waals surface area contributed by atoms with Crippen LogP contribution in [0.25, 0.3) is 0 Å². The van der Waals surface area contributed by atoms with Crippen LogP contribution >= 0.6 is 0 Å². The van der Waals surface area contributed by atoms with Crippen molar-refractivity contribution in [3.05, 3.63) is 12.2 Å². The summed E-state index contributed by atoms with van der Waals surface area (Å²) in [5.74, 6) is 0.700. The van der Waals surface area contributed by atoms with E-state index in [9.17, 15) is 0 Å². The standard InChI is InChI=1S/C11H18N2/c1-8(2)13-7-12-10-6-9(3)4-5-11(10)13/h4-5,7-11H,6H2,1-3H3. The first-order chi connectivity index (χ1) is 6.18. The van der Waals surface area contributed by atoms with Gasteiger partial charge in [0.2, 0.25) is 0 Å². The van der Waals surface area contributed by atoms with Gasteiger partial charge in [0.15, 0.2) is 0 Å². The van der Waals surface area contributed by atoms with Gasteiger partial charge in [-0.2, -0.15) is 0 Å². The summed E-state index contributed by atoms with van der Waals surface area (Å²) < 4.78 is 0. The maximum absolute atomic E-state index is 4.56. The fourth-order valence-electron chi connectivity index (χ4n) is 2.19. The minimum Gasteiger partial charge on any atom is -0.352 e. The summed E-state index contributed by atoms with van der Waals surface area (Å²) in [5, 5.41) is 0. The molecule has 0 aromatic rings. The molecule has 3 unspecified atom stereocenters. The molecule has 0 saturated heterocycles. The van der Waals surface area contributed by atoms with Gasteiger partial charge in [-0.25, -0.2) is 0 Å². The van der Waals surface area contributed by atoms with Gasteiger partial charge >= 0.3 is 0 Å². The molecular formula is C11H18N2. The van der Waals surface area contributed by atoms with Gasteiger partial charge in [0.25, 0.3) is 0 Å². The molecule has 2 nitrogen and oxygen atoms in total. The van der Waals surface area contributed by atoms with E-state index in [1.54, 1.807) is 0 Å². The molecule has 0 aromatic carbocycles. The van der Waals surface area contributed by atoms with E-state index in [1.807, 2.05) is 6.34 Å². The zero-order valence-electron chi connectivity index (χ0n) is 8.64. The first-order valence-electron chi connectivity index (χ1n) is 5.17. The van der Waals surface area contributed by atoms with E-state index in [2.05, 4.69) is 42.8 Å². The molecule has 0 fully saturated rings. The minimum absolute atomic E-state index is 0.516. The highest BCUT2D eigenvalue weighted by Crippen LogP contribution is 2.28. The molecule has 0 amide bonds. The molecule has 13 heavy (non-hydrogen) atoms. The monoisotopic (exact) mass is 178 g/mol. The predicted octanol–water partition coefficient (Wildman–Crippen LogP) is 2.07. The molecule has 1 aliphatic carbocycles. The number of hydrogen-bond acceptors (Lipinski definition) is 2. The van der Waals surface area contributed by atoms with E-state index in [0.29, 0.717) is 24.0 Å². The van der Waals surface area contributed by atoms with Crippen LogP contribution < -0.4 is 0 Å². The molecule has 0 N–H and O–H groups in total. The zero-order chi connectivity index (χ0) is 9.42. The smallest absolute Gasteiger partial charge is 0.0862 e. The Balaban J connectivity index is 2.15. The van der Waals surface area contributed by atoms with Gasteiger partial charge in [-0.15, -0.1) is 0 Å². The average molecular weight is 178 g/mol. The van der Waals surface area contributed by atoms with E-state index in [0.717, 1.165) is 0 Å². The van der Waals surface area contributed by atoms with Gasteiger partial charge < -0.3 is 4.90 Å². The summed E-state index contributed by atoms with van der Waals surface area (Å²) in [6.45, 7) is 6.71. The molecular weight excluding hydrogens is 160 g/mol. The van der Waals surface area contributed by atoms with Crippen molar-refractivity contribution in [3.8, 4) is 0 Å². The van der Waals surface area contributed by atoms with E-state index in [1.165, 1.54) is 6.42 Å². The lowest BCUT2D eigenvalue weighted by Gasteiger charge is -2.32. The third-order valence-electron chi connectivity index (χ3n) is 2.98. The summed E-state index contributed by atoms with van der Waals surface area (Å²) in [5.41, 5.74) is 0. The molecule has 2 heteroatoms. The van der Waals surface area contributed by atoms with Crippen LogP contribution in [0.3, 0.4) is 0 Å². The summed E-state index contributed by atoms with van der Waals surface area (Å²) >= 11 is 0. The maximum atomic E-state index is 4.56. The summed E-state index contributed by atoms with van der Waals surface area (Å²) in [7, 11) is 0. The van der Waals surface area contributed by atoms with Crippen LogP contribution in [0.15, 0.2) is 17.1 Å². The molecule has 2 aliphatic rings. The van der Waals surface area contributed by atoms with Crippen molar-refractivity contribution < 1.29 is 0 Å². The maximum Gasteiger partial charge on any atom is 0.0862 e. The SMILES string of the molecule is CC1C=CC2C(C1)N=CN2C(C)C. The summed E-state index contributed by atoms with van der Waals surface area (Å²) in [4.78, 5) is 6.91. The first kappa shape index (κ1) is 8.79. The van der Waals surface area contributed by atoms with Crippen molar-refractivity contribution in [1.29, 1.82) is 0 Å². The normalized spacial score (nSPS) is 37.2. The summed E-state index contributed by atoms with van der Waals surface area (Å²) in [6.07, 6.45) is 7.89. The molecule has 1 aliphatic heterocycles. The topological polar surface area (TPSA) is 15.6 Å². The number of fused-ring (bicyclic) bond motifs is 1. The van der Waals surface area contributed by atoms with Crippen LogP contribution in [0.2, 0.25) is 0 Å². The Morgan fingerprint density at radius 2 is 2.15 bits per heavy atom. The number of rotatable bonds is 1. The fraction of sp³-hybridized carbons (Fsp3) is 0.727. The molecule has 0 saturated carbocycles. The second-order valence-electron chi connectivity index (χ2n) is 4.46. The van der Waals surface area contributed by atoms with Crippen LogP contribution in [-0.4, -0.2) is 29.4 Å². The van der Waals surface area contributed by atoms with E-state index < -0.39 is 0 Å². The van der Waals surface area contributed by atoms with Gasteiger partial charge in [0, 0.05) is 6.04 Å². The summed E-state index contributed by atoms with van der Waals surface area (Å²) in [6, 6.07) is 1.62. The number of nitrogens with zero attached hydrogens (tertiary/aromatic N) is 2. The van der Waals surface area contributed by atoms with Crippen molar-refractivity contribution in [2.24, 2.45) is 10.9 Å². The molecule has 72 valence electrons. The van der Waals surface area contributed by atoms with Crippen molar-refractivity contribution in [2.75, 3.05) is 0 Å². The Labute approximate surface area is 80.3 Å². The number of allylic oxidation sites excluding steroid dienone is 1. The van der Waals surface area contributed by atoms with Gasteiger partial charge in [0.05, 0.1) is 18.4 Å². The average Bonchev–Trinajstić information content (AvgIpc) is 2.46. The van der Waals surface area contributed by atoms with Crippen LogP contribution in [0, 0.1) is 5.92 Å². The van der Waals surface area contributed by atoms with Gasteiger partial charge in [-0.1, -0.05) is 19.1 Å². The fourth-order valence-corrected chi connectivity index (χ4v) is 2.19. The van der Waals surface area contributed by atoms with Crippen molar-refractivity contribution in [2.45, 2.75) is 45.3 Å². The van der Waals surface area contributed by atoms with Crippen molar-refractivity contribution in [3.63, 3.8) is 0 Å². The quantitative estimate of drug-likeness (QED) is 0.561. The lowest BCUT2D eigenvalue weighted by molar-refractivity contribution is 0.282. The number of aliphatic imine (C=N–C) groups is 1. The molecule has 0 aromatic heterocycles. The molecule has 1 heterocycles. The lowest BCUT2D eigenvalue weighted by atomic mass is 9.90. The van der Waals surface area contributed by atoms with E-state index in [4.69, 9.17) is 0 Å². The molecule has 0 bridgehead atoms. The highest BCUT2D eigenvalue weighted by atomic mass is 15.3. The molecule has 3 atom stereocenters. The lowest BCUT2D eigenvalue weighted by Crippen LogP contribution is -2.41. The third kappa shape index (κ3) is 1.50. The Kier molecular flexibility index (Phi) is 2.14. The Morgan fingerprint density at radius 3 is 2.85 bits per heavy atom. The van der Waals surface area contributed by atoms with Gasteiger partial charge in [-0.05, 0) is 26.2 Å². The third-order valence-corrected chi connectivity index (χ3v) is 2.98. The van der Waals surface area contributed by atoms with Gasteiger partial charge in [-0.3, -0.25) is 4.99 Å². The second-order valence-corrected chi connectivity index (χ2v) is 4.46. The highest BCUT2D eigenvalue weighted by Gasteiger charge is 2.32. The highest BCUT2D eigenvalue weighted by molar-refractivity contribution is 5.60. The van der Waals surface area contributed by atoms with Crippen LogP contribution in [0.1, 0.15) is 27.2 Å². The predicted molar refractivity (Wildman–Crippen MR) is 56.0 cm³/mol. The van der Waals surface area contributed by atoms with Crippen molar-refractivity contribution in [1.82, 2.24) is 4.90 Å². The minimum atomic E-state index is 0.516. The van der Waals surface area contributed by atoms with Crippen molar-refractivity contribution >= 4 is 6.34 Å².